The lowest BCUT2D eigenvalue weighted by atomic mass is 9.99. The summed E-state index contributed by atoms with van der Waals surface area (Å²) in [6, 6.07) is 5.07. The van der Waals surface area contributed by atoms with Crippen molar-refractivity contribution in [3.05, 3.63) is 28.8 Å². The van der Waals surface area contributed by atoms with E-state index in [1.165, 1.54) is 4.90 Å². The Bertz CT molecular complexity index is 533. The van der Waals surface area contributed by atoms with Crippen LogP contribution in [0.5, 0.6) is 0 Å². The van der Waals surface area contributed by atoms with E-state index >= 15 is 0 Å². The van der Waals surface area contributed by atoms with Gasteiger partial charge < -0.3 is 15.3 Å². The van der Waals surface area contributed by atoms with Gasteiger partial charge in [0.15, 0.2) is 0 Å². The maximum Gasteiger partial charge on any atom is 0.321 e. The van der Waals surface area contributed by atoms with E-state index in [1.54, 1.807) is 12.1 Å². The number of halogens is 1. The van der Waals surface area contributed by atoms with Crippen LogP contribution in [0.4, 0.5) is 10.5 Å². The van der Waals surface area contributed by atoms with Crippen molar-refractivity contribution < 1.29 is 14.7 Å². The second-order valence-corrected chi connectivity index (χ2v) is 5.44. The topological polar surface area (TPSA) is 69.6 Å². The number of likely N-dealkylation sites (tertiary alicyclic amines) is 1. The van der Waals surface area contributed by atoms with Gasteiger partial charge in [-0.1, -0.05) is 17.7 Å². The number of hydrogen-bond donors (Lipinski definition) is 2. The van der Waals surface area contributed by atoms with Crippen LogP contribution >= 0.6 is 11.6 Å². The molecule has 1 aliphatic heterocycles. The number of carbonyl (C=O) groups excluding carboxylic acids is 1. The number of carbonyl (C=O) groups is 2. The Kier molecular flexibility index (Phi) is 4.49. The van der Waals surface area contributed by atoms with E-state index in [0.29, 0.717) is 30.1 Å². The number of hydrogen-bond acceptors (Lipinski definition) is 2. The summed E-state index contributed by atoms with van der Waals surface area (Å²) in [7, 11) is 0. The van der Waals surface area contributed by atoms with E-state index in [4.69, 9.17) is 16.7 Å². The highest BCUT2D eigenvalue weighted by molar-refractivity contribution is 6.33. The van der Waals surface area contributed by atoms with Gasteiger partial charge in [0.05, 0.1) is 16.6 Å². The minimum atomic E-state index is -0.851. The van der Waals surface area contributed by atoms with Crippen LogP contribution in [0.2, 0.25) is 5.02 Å². The molecular weight excluding hydrogens is 280 g/mol. The van der Waals surface area contributed by atoms with Gasteiger partial charge in [-0.05, 0) is 37.5 Å². The number of aryl methyl sites for hydroxylation is 1. The molecule has 1 aliphatic rings. The molecule has 1 fully saturated rings. The molecule has 6 heteroatoms. The number of rotatable bonds is 2. The number of nitrogens with zero attached hydrogens (tertiary/aromatic N) is 1. The average molecular weight is 297 g/mol. The summed E-state index contributed by atoms with van der Waals surface area (Å²) in [4.78, 5) is 24.7. The van der Waals surface area contributed by atoms with E-state index in [1.807, 2.05) is 13.0 Å². The molecule has 0 aliphatic carbocycles. The number of aliphatic carboxylic acids is 1. The normalized spacial score (nSPS) is 18.7. The molecule has 1 aromatic carbocycles. The Morgan fingerprint density at radius 1 is 1.45 bits per heavy atom. The first-order valence-corrected chi connectivity index (χ1v) is 6.90. The van der Waals surface area contributed by atoms with Gasteiger partial charge in [-0.25, -0.2) is 4.79 Å². The molecule has 108 valence electrons. The summed E-state index contributed by atoms with van der Waals surface area (Å²) in [5, 5.41) is 12.2. The molecule has 0 radical (unpaired) electrons. The van der Waals surface area contributed by atoms with Gasteiger partial charge in [0, 0.05) is 13.1 Å². The fourth-order valence-corrected chi connectivity index (χ4v) is 2.56. The van der Waals surface area contributed by atoms with Crippen molar-refractivity contribution >= 4 is 29.3 Å². The second-order valence-electron chi connectivity index (χ2n) is 5.04. The molecule has 0 spiro atoms. The van der Waals surface area contributed by atoms with Crippen LogP contribution in [0.25, 0.3) is 0 Å². The first-order valence-electron chi connectivity index (χ1n) is 6.52. The number of amides is 2. The van der Waals surface area contributed by atoms with Crippen molar-refractivity contribution in [1.82, 2.24) is 4.90 Å². The largest absolute Gasteiger partial charge is 0.481 e. The van der Waals surface area contributed by atoms with Gasteiger partial charge in [-0.2, -0.15) is 0 Å². The van der Waals surface area contributed by atoms with Crippen LogP contribution in [0.3, 0.4) is 0 Å². The number of anilines is 1. The van der Waals surface area contributed by atoms with Crippen molar-refractivity contribution in [3.63, 3.8) is 0 Å². The van der Waals surface area contributed by atoms with E-state index in [2.05, 4.69) is 5.32 Å². The number of urea groups is 1. The quantitative estimate of drug-likeness (QED) is 0.881. The number of nitrogens with one attached hydrogen (secondary N) is 1. The fraction of sp³-hybridized carbons (Fsp3) is 0.429. The van der Waals surface area contributed by atoms with Gasteiger partial charge in [0.25, 0.3) is 0 Å². The summed E-state index contributed by atoms with van der Waals surface area (Å²) in [6.07, 6.45) is 1.32. The molecule has 1 unspecified atom stereocenters. The number of piperidine rings is 1. The van der Waals surface area contributed by atoms with Crippen molar-refractivity contribution in [2.75, 3.05) is 18.4 Å². The molecule has 1 heterocycles. The zero-order valence-electron chi connectivity index (χ0n) is 11.2. The highest BCUT2D eigenvalue weighted by Crippen LogP contribution is 2.24. The third-order valence-corrected chi connectivity index (χ3v) is 3.74. The maximum atomic E-state index is 12.1. The van der Waals surface area contributed by atoms with Gasteiger partial charge in [-0.3, -0.25) is 4.79 Å². The summed E-state index contributed by atoms with van der Waals surface area (Å²) in [6.45, 7) is 2.73. The predicted octanol–water partition coefficient (Wildman–Crippen LogP) is 2.98. The Hall–Kier alpha value is -1.75. The molecule has 0 bridgehead atoms. The summed E-state index contributed by atoms with van der Waals surface area (Å²) in [5.41, 5.74) is 1.55. The standard InChI is InChI=1S/C14H17ClN2O3/c1-9-4-5-12(11(15)7-9)16-14(20)17-6-2-3-10(8-17)13(18)19/h4-5,7,10H,2-3,6,8H2,1H3,(H,16,20)(H,18,19). The van der Waals surface area contributed by atoms with Crippen LogP contribution in [0.1, 0.15) is 18.4 Å². The number of benzene rings is 1. The third kappa shape index (κ3) is 3.42. The Labute approximate surface area is 122 Å². The second kappa shape index (κ2) is 6.13. The third-order valence-electron chi connectivity index (χ3n) is 3.42. The molecule has 0 aromatic heterocycles. The lowest BCUT2D eigenvalue weighted by molar-refractivity contribution is -0.143. The SMILES string of the molecule is Cc1ccc(NC(=O)N2CCCC(C(=O)O)C2)c(Cl)c1. The minimum Gasteiger partial charge on any atom is -0.481 e. The highest BCUT2D eigenvalue weighted by Gasteiger charge is 2.28. The maximum absolute atomic E-state index is 12.1. The zero-order chi connectivity index (χ0) is 14.7. The van der Waals surface area contributed by atoms with E-state index in [-0.39, 0.29) is 12.6 Å². The van der Waals surface area contributed by atoms with Gasteiger partial charge in [0.1, 0.15) is 0 Å². The number of carboxylic acid groups (broad SMARTS) is 1. The fourth-order valence-electron chi connectivity index (χ4n) is 2.28. The highest BCUT2D eigenvalue weighted by atomic mass is 35.5. The molecule has 2 N–H and O–H groups in total. The lowest BCUT2D eigenvalue weighted by Gasteiger charge is -2.30. The Morgan fingerprint density at radius 3 is 2.85 bits per heavy atom. The Balaban J connectivity index is 2.02. The van der Waals surface area contributed by atoms with Gasteiger partial charge >= 0.3 is 12.0 Å². The molecule has 5 nitrogen and oxygen atoms in total. The monoisotopic (exact) mass is 296 g/mol. The summed E-state index contributed by atoms with van der Waals surface area (Å²) < 4.78 is 0. The summed E-state index contributed by atoms with van der Waals surface area (Å²) in [5.74, 6) is -1.33. The molecule has 1 saturated heterocycles. The van der Waals surface area contributed by atoms with Crippen molar-refractivity contribution in [2.24, 2.45) is 5.92 Å². The first kappa shape index (κ1) is 14.7. The minimum absolute atomic E-state index is 0.241. The molecule has 0 saturated carbocycles. The van der Waals surface area contributed by atoms with Crippen LogP contribution in [0.15, 0.2) is 18.2 Å². The van der Waals surface area contributed by atoms with Crippen molar-refractivity contribution in [1.29, 1.82) is 0 Å². The lowest BCUT2D eigenvalue weighted by Crippen LogP contribution is -2.44. The molecule has 1 atom stereocenters. The van der Waals surface area contributed by atoms with Crippen LogP contribution in [-0.2, 0) is 4.79 Å². The molecule has 2 rings (SSSR count). The first-order chi connectivity index (χ1) is 9.47. The zero-order valence-corrected chi connectivity index (χ0v) is 12.0. The van der Waals surface area contributed by atoms with E-state index in [0.717, 1.165) is 5.56 Å². The smallest absolute Gasteiger partial charge is 0.321 e. The van der Waals surface area contributed by atoms with Crippen molar-refractivity contribution in [2.45, 2.75) is 19.8 Å². The van der Waals surface area contributed by atoms with Crippen LogP contribution < -0.4 is 5.32 Å². The average Bonchev–Trinajstić information content (AvgIpc) is 2.42. The van der Waals surface area contributed by atoms with Crippen LogP contribution in [-0.4, -0.2) is 35.1 Å². The Morgan fingerprint density at radius 2 is 2.20 bits per heavy atom. The molecule has 20 heavy (non-hydrogen) atoms. The van der Waals surface area contributed by atoms with Crippen molar-refractivity contribution in [3.8, 4) is 0 Å². The molecule has 2 amide bonds. The predicted molar refractivity (Wildman–Crippen MR) is 77.1 cm³/mol. The number of carboxylic acids is 1. The van der Waals surface area contributed by atoms with Gasteiger partial charge in [-0.15, -0.1) is 0 Å². The summed E-state index contributed by atoms with van der Waals surface area (Å²) >= 11 is 6.06. The van der Waals surface area contributed by atoms with Crippen LogP contribution in [0, 0.1) is 12.8 Å². The molecular formula is C14H17ClN2O3. The van der Waals surface area contributed by atoms with E-state index in [9.17, 15) is 9.59 Å². The van der Waals surface area contributed by atoms with Gasteiger partial charge in [0.2, 0.25) is 0 Å². The van der Waals surface area contributed by atoms with E-state index < -0.39 is 11.9 Å². The molecule has 1 aromatic rings.